The first-order valence-electron chi connectivity index (χ1n) is 9.93. The van der Waals surface area contributed by atoms with Gasteiger partial charge >= 0.3 is 0 Å². The van der Waals surface area contributed by atoms with Crippen LogP contribution in [0.2, 0.25) is 10.0 Å². The van der Waals surface area contributed by atoms with Gasteiger partial charge < -0.3 is 15.1 Å². The van der Waals surface area contributed by atoms with Crippen LogP contribution in [0.25, 0.3) is 11.1 Å². The van der Waals surface area contributed by atoms with Crippen molar-refractivity contribution in [3.05, 3.63) is 65.2 Å². The molecule has 0 aliphatic carbocycles. The fraction of sp³-hybridized carbons (Fsp3) is 0.304. The molecule has 1 N–H and O–H groups in total. The van der Waals surface area contributed by atoms with Gasteiger partial charge in [-0.05, 0) is 30.3 Å². The number of nitrogens with zero attached hydrogens (tertiary/aromatic N) is 2. The lowest BCUT2D eigenvalue weighted by molar-refractivity contribution is -0.128. The summed E-state index contributed by atoms with van der Waals surface area (Å²) in [4.78, 5) is 28.2. The molecule has 2 aliphatic rings. The predicted molar refractivity (Wildman–Crippen MR) is 121 cm³/mol. The second-order valence-electron chi connectivity index (χ2n) is 7.79. The molecule has 2 aliphatic heterocycles. The van der Waals surface area contributed by atoms with E-state index in [1.54, 1.807) is 6.07 Å². The van der Waals surface area contributed by atoms with Crippen molar-refractivity contribution in [3.63, 3.8) is 0 Å². The minimum absolute atomic E-state index is 0.0268. The van der Waals surface area contributed by atoms with E-state index in [0.717, 1.165) is 16.8 Å². The fourth-order valence-corrected chi connectivity index (χ4v) is 4.77. The first-order valence-corrected chi connectivity index (χ1v) is 10.7. The molecule has 156 valence electrons. The van der Waals surface area contributed by atoms with E-state index in [4.69, 9.17) is 23.2 Å². The SMILES string of the molecule is C=CC(=O)N1CC2CN(C(=O)CNc3ccc(Cl)c(-c4ccccc4Cl)c3)CC2C1. The molecule has 2 aromatic rings. The highest BCUT2D eigenvalue weighted by atomic mass is 35.5. The molecule has 2 fully saturated rings. The van der Waals surface area contributed by atoms with Crippen LogP contribution in [0.5, 0.6) is 0 Å². The highest BCUT2D eigenvalue weighted by molar-refractivity contribution is 6.36. The number of likely N-dealkylation sites (tertiary alicyclic amines) is 2. The number of amides is 2. The van der Waals surface area contributed by atoms with Crippen molar-refractivity contribution in [2.75, 3.05) is 38.0 Å². The van der Waals surface area contributed by atoms with Crippen molar-refractivity contribution >= 4 is 40.7 Å². The third-order valence-corrected chi connectivity index (χ3v) is 6.56. The summed E-state index contributed by atoms with van der Waals surface area (Å²) in [5.41, 5.74) is 2.48. The first-order chi connectivity index (χ1) is 14.5. The second-order valence-corrected chi connectivity index (χ2v) is 8.61. The van der Waals surface area contributed by atoms with Crippen LogP contribution >= 0.6 is 23.2 Å². The summed E-state index contributed by atoms with van der Waals surface area (Å²) in [6, 6.07) is 13.1. The lowest BCUT2D eigenvalue weighted by Crippen LogP contribution is -2.37. The van der Waals surface area contributed by atoms with Gasteiger partial charge in [-0.3, -0.25) is 9.59 Å². The van der Waals surface area contributed by atoms with Gasteiger partial charge in [-0.1, -0.05) is 48.0 Å². The van der Waals surface area contributed by atoms with Gasteiger partial charge in [0.05, 0.1) is 6.54 Å². The quantitative estimate of drug-likeness (QED) is 0.705. The van der Waals surface area contributed by atoms with Crippen LogP contribution in [-0.2, 0) is 9.59 Å². The van der Waals surface area contributed by atoms with Gasteiger partial charge in [-0.2, -0.15) is 0 Å². The van der Waals surface area contributed by atoms with Crippen LogP contribution < -0.4 is 5.32 Å². The Kier molecular flexibility index (Phi) is 6.02. The van der Waals surface area contributed by atoms with Crippen molar-refractivity contribution in [1.82, 2.24) is 9.80 Å². The van der Waals surface area contributed by atoms with Gasteiger partial charge in [-0.25, -0.2) is 0 Å². The van der Waals surface area contributed by atoms with Gasteiger partial charge in [0, 0.05) is 64.9 Å². The largest absolute Gasteiger partial charge is 0.376 e. The monoisotopic (exact) mass is 443 g/mol. The lowest BCUT2D eigenvalue weighted by Gasteiger charge is -2.21. The number of halogens is 2. The van der Waals surface area contributed by atoms with Gasteiger partial charge in [-0.15, -0.1) is 0 Å². The normalized spacial score (nSPS) is 20.2. The van der Waals surface area contributed by atoms with Crippen molar-refractivity contribution in [2.45, 2.75) is 0 Å². The van der Waals surface area contributed by atoms with Crippen molar-refractivity contribution < 1.29 is 9.59 Å². The molecule has 4 rings (SSSR count). The van der Waals surface area contributed by atoms with Crippen molar-refractivity contribution in [1.29, 1.82) is 0 Å². The Bertz CT molecular complexity index is 980. The molecular formula is C23H23Cl2N3O2. The Morgan fingerprint density at radius 1 is 0.967 bits per heavy atom. The maximum absolute atomic E-state index is 12.7. The van der Waals surface area contributed by atoms with Crippen molar-refractivity contribution in [3.8, 4) is 11.1 Å². The summed E-state index contributed by atoms with van der Waals surface area (Å²) in [7, 11) is 0. The fourth-order valence-electron chi connectivity index (χ4n) is 4.32. The Morgan fingerprint density at radius 2 is 1.60 bits per heavy atom. The molecule has 0 aromatic heterocycles. The Hall–Kier alpha value is -2.50. The molecule has 2 amide bonds. The number of rotatable bonds is 5. The van der Waals surface area contributed by atoms with E-state index in [2.05, 4.69) is 11.9 Å². The van der Waals surface area contributed by atoms with Crippen LogP contribution in [0.4, 0.5) is 5.69 Å². The van der Waals surface area contributed by atoms with Crippen LogP contribution in [-0.4, -0.2) is 54.3 Å². The first kappa shape index (κ1) is 20.8. The van der Waals surface area contributed by atoms with E-state index in [1.165, 1.54) is 6.08 Å². The Morgan fingerprint density at radius 3 is 2.27 bits per heavy atom. The highest BCUT2D eigenvalue weighted by Crippen LogP contribution is 2.35. The number of hydrogen-bond acceptors (Lipinski definition) is 3. The van der Waals surface area contributed by atoms with Gasteiger partial charge in [0.2, 0.25) is 11.8 Å². The second kappa shape index (κ2) is 8.70. The van der Waals surface area contributed by atoms with Crippen LogP contribution in [0.1, 0.15) is 0 Å². The molecule has 30 heavy (non-hydrogen) atoms. The number of carbonyl (C=O) groups excluding carboxylic acids is 2. The minimum atomic E-state index is -0.0268. The lowest BCUT2D eigenvalue weighted by atomic mass is 10.0. The van der Waals surface area contributed by atoms with E-state index in [9.17, 15) is 9.59 Å². The van der Waals surface area contributed by atoms with E-state index < -0.39 is 0 Å². The van der Waals surface area contributed by atoms with Crippen LogP contribution in [0, 0.1) is 11.8 Å². The molecule has 2 aromatic carbocycles. The van der Waals surface area contributed by atoms with Crippen LogP contribution in [0.15, 0.2) is 55.1 Å². The number of fused-ring (bicyclic) bond motifs is 1. The van der Waals surface area contributed by atoms with E-state index in [1.807, 2.05) is 46.2 Å². The average Bonchev–Trinajstić information content (AvgIpc) is 3.32. The van der Waals surface area contributed by atoms with Gasteiger partial charge in [0.1, 0.15) is 0 Å². The summed E-state index contributed by atoms with van der Waals surface area (Å²) in [6.45, 7) is 6.54. The third kappa shape index (κ3) is 4.18. The summed E-state index contributed by atoms with van der Waals surface area (Å²) in [6.07, 6.45) is 1.36. The molecule has 0 saturated carbocycles. The maximum Gasteiger partial charge on any atom is 0.245 e. The molecule has 7 heteroatoms. The van der Waals surface area contributed by atoms with Crippen LogP contribution in [0.3, 0.4) is 0 Å². The maximum atomic E-state index is 12.7. The molecule has 0 spiro atoms. The topological polar surface area (TPSA) is 52.7 Å². The molecule has 2 heterocycles. The average molecular weight is 444 g/mol. The molecular weight excluding hydrogens is 421 g/mol. The van der Waals surface area contributed by atoms with E-state index in [-0.39, 0.29) is 18.4 Å². The summed E-state index contributed by atoms with van der Waals surface area (Å²) in [5, 5.41) is 4.44. The summed E-state index contributed by atoms with van der Waals surface area (Å²) in [5.74, 6) is 0.724. The summed E-state index contributed by atoms with van der Waals surface area (Å²) < 4.78 is 0. The standard InChI is InChI=1S/C23H23Cl2N3O2/c1-2-22(29)27-11-15-13-28(14-16(15)12-27)23(30)10-26-17-7-8-21(25)19(9-17)18-5-3-4-6-20(18)24/h2-9,15-16,26H,1,10-14H2. The van der Waals surface area contributed by atoms with Crippen molar-refractivity contribution in [2.24, 2.45) is 11.8 Å². The molecule has 0 radical (unpaired) electrons. The number of anilines is 1. The number of nitrogens with one attached hydrogen (secondary N) is 1. The third-order valence-electron chi connectivity index (χ3n) is 5.90. The zero-order valence-corrected chi connectivity index (χ0v) is 18.0. The molecule has 2 unspecified atom stereocenters. The Labute approximate surface area is 186 Å². The van der Waals surface area contributed by atoms with E-state index >= 15 is 0 Å². The molecule has 2 saturated heterocycles. The molecule has 0 bridgehead atoms. The number of hydrogen-bond donors (Lipinski definition) is 1. The molecule has 2 atom stereocenters. The zero-order chi connectivity index (χ0) is 21.3. The highest BCUT2D eigenvalue weighted by Gasteiger charge is 2.42. The smallest absolute Gasteiger partial charge is 0.245 e. The number of carbonyl (C=O) groups is 2. The number of benzene rings is 2. The predicted octanol–water partition coefficient (Wildman–Crippen LogP) is 4.18. The van der Waals surface area contributed by atoms with Gasteiger partial charge in [0.25, 0.3) is 0 Å². The Balaban J connectivity index is 1.36. The minimum Gasteiger partial charge on any atom is -0.376 e. The zero-order valence-electron chi connectivity index (χ0n) is 16.5. The van der Waals surface area contributed by atoms with Gasteiger partial charge in [0.15, 0.2) is 0 Å². The molecule has 5 nitrogen and oxygen atoms in total. The summed E-state index contributed by atoms with van der Waals surface area (Å²) >= 11 is 12.7. The van der Waals surface area contributed by atoms with E-state index in [0.29, 0.717) is 48.1 Å².